The topological polar surface area (TPSA) is 118 Å². The van der Waals surface area contributed by atoms with Gasteiger partial charge in [-0.1, -0.05) is 12.1 Å². The van der Waals surface area contributed by atoms with Crippen LogP contribution in [0, 0.1) is 0 Å². The molecule has 0 aliphatic rings. The Morgan fingerprint density at radius 3 is 2.74 bits per heavy atom. The van der Waals surface area contributed by atoms with Crippen LogP contribution in [-0.4, -0.2) is 32.9 Å². The number of hydrogen-bond donors (Lipinski definition) is 3. The molecule has 156 valence electrons. The van der Waals surface area contributed by atoms with Gasteiger partial charge < -0.3 is 25.7 Å². The summed E-state index contributed by atoms with van der Waals surface area (Å²) in [4.78, 5) is 34.6. The number of benzene rings is 1. The number of amides is 3. The van der Waals surface area contributed by atoms with E-state index in [1.54, 1.807) is 24.5 Å². The van der Waals surface area contributed by atoms with Crippen molar-refractivity contribution in [3.05, 3.63) is 79.0 Å². The lowest BCUT2D eigenvalue weighted by Crippen LogP contribution is -2.29. The van der Waals surface area contributed by atoms with E-state index in [2.05, 4.69) is 20.6 Å². The molecule has 3 aromatic heterocycles. The minimum atomic E-state index is -0.606. The number of primary amides is 1. The molecule has 0 aliphatic carbocycles. The van der Waals surface area contributed by atoms with Gasteiger partial charge in [-0.2, -0.15) is 0 Å². The first-order valence-corrected chi connectivity index (χ1v) is 9.69. The molecule has 4 N–H and O–H groups in total. The number of rotatable bonds is 6. The standard InChI is InChI=1S/C22H21N7O2/c1-2-25-22(31)27-17-5-3-4-6-19(17)29(18-9-10-24-13-16(18)21(23)30)15-7-8-20-26-11-12-28(20)14-15/h3-14H,2H2,1H3,(H2,23,30)(H2,25,27,31). The number of carbonyl (C=O) groups excluding carboxylic acids is 2. The van der Waals surface area contributed by atoms with Crippen molar-refractivity contribution in [2.75, 3.05) is 16.8 Å². The van der Waals surface area contributed by atoms with Crippen molar-refractivity contribution in [1.82, 2.24) is 19.7 Å². The smallest absolute Gasteiger partial charge is 0.319 e. The van der Waals surface area contributed by atoms with Crippen molar-refractivity contribution in [3.63, 3.8) is 0 Å². The summed E-state index contributed by atoms with van der Waals surface area (Å²) in [5.74, 6) is -0.606. The number of nitrogens with zero attached hydrogens (tertiary/aromatic N) is 4. The fourth-order valence-corrected chi connectivity index (χ4v) is 3.32. The molecule has 1 aromatic carbocycles. The molecule has 3 heterocycles. The second kappa shape index (κ2) is 8.54. The van der Waals surface area contributed by atoms with Crippen molar-refractivity contribution in [1.29, 1.82) is 0 Å². The van der Waals surface area contributed by atoms with Gasteiger partial charge in [0.15, 0.2) is 0 Å². The molecule has 3 amide bonds. The molecule has 0 saturated carbocycles. The summed E-state index contributed by atoms with van der Waals surface area (Å²) in [5, 5.41) is 5.59. The molecule has 4 rings (SSSR count). The monoisotopic (exact) mass is 415 g/mol. The van der Waals surface area contributed by atoms with Gasteiger partial charge >= 0.3 is 6.03 Å². The van der Waals surface area contributed by atoms with Gasteiger partial charge in [0, 0.05) is 37.5 Å². The van der Waals surface area contributed by atoms with E-state index in [9.17, 15) is 9.59 Å². The molecular weight excluding hydrogens is 394 g/mol. The fourth-order valence-electron chi connectivity index (χ4n) is 3.32. The minimum Gasteiger partial charge on any atom is -0.365 e. The zero-order valence-corrected chi connectivity index (χ0v) is 16.8. The summed E-state index contributed by atoms with van der Waals surface area (Å²) in [6.45, 7) is 2.33. The molecule has 0 aliphatic heterocycles. The summed E-state index contributed by atoms with van der Waals surface area (Å²) >= 11 is 0. The van der Waals surface area contributed by atoms with Crippen LogP contribution in [0.3, 0.4) is 0 Å². The largest absolute Gasteiger partial charge is 0.365 e. The van der Waals surface area contributed by atoms with Crippen LogP contribution in [0.25, 0.3) is 5.65 Å². The van der Waals surface area contributed by atoms with Gasteiger partial charge in [-0.25, -0.2) is 9.78 Å². The Kier molecular flexibility index (Phi) is 5.48. The van der Waals surface area contributed by atoms with E-state index in [1.807, 2.05) is 58.9 Å². The first kappa shape index (κ1) is 19.9. The Labute approximate surface area is 178 Å². The number of anilines is 4. The highest BCUT2D eigenvalue weighted by atomic mass is 16.2. The first-order chi connectivity index (χ1) is 15.1. The number of nitrogens with two attached hydrogens (primary N) is 1. The molecule has 0 bridgehead atoms. The molecule has 0 spiro atoms. The lowest BCUT2D eigenvalue weighted by atomic mass is 10.1. The Morgan fingerprint density at radius 2 is 1.94 bits per heavy atom. The summed E-state index contributed by atoms with van der Waals surface area (Å²) in [7, 11) is 0. The molecule has 31 heavy (non-hydrogen) atoms. The van der Waals surface area contributed by atoms with Crippen LogP contribution < -0.4 is 21.3 Å². The van der Waals surface area contributed by atoms with Gasteiger partial charge in [-0.05, 0) is 37.3 Å². The van der Waals surface area contributed by atoms with E-state index in [1.165, 1.54) is 6.20 Å². The molecular formula is C22H21N7O2. The van der Waals surface area contributed by atoms with E-state index in [-0.39, 0.29) is 11.6 Å². The van der Waals surface area contributed by atoms with E-state index in [0.29, 0.717) is 23.6 Å². The number of para-hydroxylation sites is 2. The maximum atomic E-state index is 12.2. The number of urea groups is 1. The number of carbonyl (C=O) groups is 2. The molecule has 4 aromatic rings. The van der Waals surface area contributed by atoms with Gasteiger partial charge in [0.1, 0.15) is 5.65 Å². The lowest BCUT2D eigenvalue weighted by molar-refractivity contribution is 0.100. The summed E-state index contributed by atoms with van der Waals surface area (Å²) < 4.78 is 1.87. The molecule has 0 saturated heterocycles. The van der Waals surface area contributed by atoms with Gasteiger partial charge in [0.2, 0.25) is 0 Å². The predicted octanol–water partition coefficient (Wildman–Crippen LogP) is 3.44. The Hall–Kier alpha value is -4.40. The zero-order chi connectivity index (χ0) is 21.8. The number of nitrogens with one attached hydrogen (secondary N) is 2. The lowest BCUT2D eigenvalue weighted by Gasteiger charge is -2.28. The van der Waals surface area contributed by atoms with Crippen molar-refractivity contribution in [2.45, 2.75) is 6.92 Å². The Bertz CT molecular complexity index is 1250. The highest BCUT2D eigenvalue weighted by molar-refractivity contribution is 6.02. The van der Waals surface area contributed by atoms with Gasteiger partial charge in [-0.15, -0.1) is 0 Å². The quantitative estimate of drug-likeness (QED) is 0.446. The molecule has 9 nitrogen and oxygen atoms in total. The maximum Gasteiger partial charge on any atom is 0.319 e. The Morgan fingerprint density at radius 1 is 1.10 bits per heavy atom. The van der Waals surface area contributed by atoms with Crippen molar-refractivity contribution >= 4 is 40.3 Å². The van der Waals surface area contributed by atoms with Gasteiger partial charge in [0.05, 0.1) is 28.3 Å². The number of hydrogen-bond acceptors (Lipinski definition) is 5. The van der Waals surface area contributed by atoms with Crippen molar-refractivity contribution in [3.8, 4) is 0 Å². The van der Waals surface area contributed by atoms with E-state index >= 15 is 0 Å². The maximum absolute atomic E-state index is 12.2. The second-order valence-electron chi connectivity index (χ2n) is 6.67. The van der Waals surface area contributed by atoms with Gasteiger partial charge in [0.25, 0.3) is 5.91 Å². The number of imidazole rings is 1. The fraction of sp³-hybridized carbons (Fsp3) is 0.0909. The van der Waals surface area contributed by atoms with E-state index < -0.39 is 5.91 Å². The molecule has 0 fully saturated rings. The Balaban J connectivity index is 1.92. The first-order valence-electron chi connectivity index (χ1n) is 9.69. The molecule has 9 heteroatoms. The average Bonchev–Trinajstić information content (AvgIpc) is 3.23. The summed E-state index contributed by atoms with van der Waals surface area (Å²) in [6, 6.07) is 12.5. The van der Waals surface area contributed by atoms with Crippen molar-refractivity contribution in [2.24, 2.45) is 5.73 Å². The second-order valence-corrected chi connectivity index (χ2v) is 6.67. The third-order valence-electron chi connectivity index (χ3n) is 4.67. The summed E-state index contributed by atoms with van der Waals surface area (Å²) in [5.41, 5.74) is 9.16. The van der Waals surface area contributed by atoms with Crippen LogP contribution in [0.15, 0.2) is 73.4 Å². The van der Waals surface area contributed by atoms with Crippen LogP contribution >= 0.6 is 0 Å². The third-order valence-corrected chi connectivity index (χ3v) is 4.67. The predicted molar refractivity (Wildman–Crippen MR) is 119 cm³/mol. The van der Waals surface area contributed by atoms with Crippen LogP contribution in [-0.2, 0) is 0 Å². The third kappa shape index (κ3) is 4.01. The van der Waals surface area contributed by atoms with Crippen LogP contribution in [0.1, 0.15) is 17.3 Å². The average molecular weight is 415 g/mol. The number of aromatic nitrogens is 3. The molecule has 0 atom stereocenters. The zero-order valence-electron chi connectivity index (χ0n) is 16.8. The SMILES string of the molecule is CCNC(=O)Nc1ccccc1N(c1ccc2nccn2c1)c1ccncc1C(N)=O. The summed E-state index contributed by atoms with van der Waals surface area (Å²) in [6.07, 6.45) is 8.44. The van der Waals surface area contributed by atoms with Crippen LogP contribution in [0.2, 0.25) is 0 Å². The van der Waals surface area contributed by atoms with Crippen LogP contribution in [0.5, 0.6) is 0 Å². The normalized spacial score (nSPS) is 10.6. The minimum absolute atomic E-state index is 0.251. The highest BCUT2D eigenvalue weighted by Crippen LogP contribution is 2.40. The molecule has 0 radical (unpaired) electrons. The molecule has 0 unspecified atom stereocenters. The highest BCUT2D eigenvalue weighted by Gasteiger charge is 2.22. The van der Waals surface area contributed by atoms with E-state index in [0.717, 1.165) is 11.3 Å². The number of fused-ring (bicyclic) bond motifs is 1. The van der Waals surface area contributed by atoms with E-state index in [4.69, 9.17) is 5.73 Å². The van der Waals surface area contributed by atoms with Gasteiger partial charge in [-0.3, -0.25) is 9.78 Å². The van der Waals surface area contributed by atoms with Crippen molar-refractivity contribution < 1.29 is 9.59 Å². The number of pyridine rings is 2. The van der Waals surface area contributed by atoms with Crippen LogP contribution in [0.4, 0.5) is 27.5 Å².